The fourth-order valence-electron chi connectivity index (χ4n) is 0.853. The molecule has 0 aromatic heterocycles. The minimum absolute atomic E-state index is 0.329. The molecular formula is C8H15O4S-. The molecule has 1 unspecified atom stereocenters. The van der Waals surface area contributed by atoms with E-state index in [-0.39, 0.29) is 0 Å². The Labute approximate surface area is 80.9 Å². The maximum atomic E-state index is 10.7. The van der Waals surface area contributed by atoms with Gasteiger partial charge in [0.2, 0.25) is 0 Å². The minimum Gasteiger partial charge on any atom is -0.772 e. The first-order valence-electron chi connectivity index (χ1n) is 4.38. The summed E-state index contributed by atoms with van der Waals surface area (Å²) < 4.78 is 24.8. The zero-order chi connectivity index (χ0) is 10.1. The Morgan fingerprint density at radius 3 is 2.62 bits per heavy atom. The molecule has 0 fully saturated rings. The maximum Gasteiger partial charge on any atom is 0.317 e. The van der Waals surface area contributed by atoms with Crippen LogP contribution in [-0.2, 0) is 20.6 Å². The van der Waals surface area contributed by atoms with Gasteiger partial charge < -0.3 is 9.29 Å². The van der Waals surface area contributed by atoms with E-state index in [1.165, 1.54) is 0 Å². The maximum absolute atomic E-state index is 10.7. The van der Waals surface area contributed by atoms with Crippen molar-refractivity contribution in [1.29, 1.82) is 0 Å². The third-order valence-corrected chi connectivity index (χ3v) is 1.97. The van der Waals surface area contributed by atoms with Crippen LogP contribution in [0.15, 0.2) is 0 Å². The monoisotopic (exact) mass is 207 g/mol. The number of carbonyl (C=O) groups excluding carboxylic acids is 1. The molecule has 0 saturated heterocycles. The Morgan fingerprint density at radius 2 is 2.08 bits per heavy atom. The second-order valence-corrected chi connectivity index (χ2v) is 3.63. The first-order valence-corrected chi connectivity index (χ1v) is 5.62. The van der Waals surface area contributed by atoms with E-state index in [0.29, 0.717) is 6.61 Å². The van der Waals surface area contributed by atoms with Crippen molar-refractivity contribution in [3.05, 3.63) is 0 Å². The van der Waals surface area contributed by atoms with Crippen LogP contribution in [0.3, 0.4) is 0 Å². The van der Waals surface area contributed by atoms with Crippen LogP contribution in [0.25, 0.3) is 0 Å². The van der Waals surface area contributed by atoms with Crippen LogP contribution in [-0.4, -0.2) is 27.1 Å². The molecule has 0 bridgehead atoms. The lowest BCUT2D eigenvalue weighted by Crippen LogP contribution is -2.14. The smallest absolute Gasteiger partial charge is 0.317 e. The lowest BCUT2D eigenvalue weighted by molar-refractivity contribution is -0.140. The molecule has 0 aliphatic carbocycles. The van der Waals surface area contributed by atoms with Crippen LogP contribution < -0.4 is 0 Å². The molecule has 0 aliphatic heterocycles. The summed E-state index contributed by atoms with van der Waals surface area (Å²) in [5.41, 5.74) is 0. The van der Waals surface area contributed by atoms with Crippen molar-refractivity contribution in [1.82, 2.24) is 0 Å². The summed E-state index contributed by atoms with van der Waals surface area (Å²) in [5.74, 6) is -1.20. The summed E-state index contributed by atoms with van der Waals surface area (Å²) in [6.07, 6.45) is 4.07. The van der Waals surface area contributed by atoms with E-state index in [1.54, 1.807) is 0 Å². The summed E-state index contributed by atoms with van der Waals surface area (Å²) in [4.78, 5) is 10.7. The zero-order valence-electron chi connectivity index (χ0n) is 7.78. The summed E-state index contributed by atoms with van der Waals surface area (Å²) in [5, 5.41) is 0. The van der Waals surface area contributed by atoms with Gasteiger partial charge in [-0.05, 0) is 17.5 Å². The van der Waals surface area contributed by atoms with Gasteiger partial charge in [-0.3, -0.25) is 9.00 Å². The SMILES string of the molecule is CCCCCCOC(=O)CS(=O)[O-]. The number of hydrogen-bond donors (Lipinski definition) is 0. The fourth-order valence-corrected chi connectivity index (χ4v) is 1.13. The van der Waals surface area contributed by atoms with Crippen LogP contribution in [0.1, 0.15) is 32.6 Å². The molecule has 0 aromatic rings. The van der Waals surface area contributed by atoms with Crippen LogP contribution in [0.5, 0.6) is 0 Å². The number of unbranched alkanes of at least 4 members (excludes halogenated alkanes) is 3. The van der Waals surface area contributed by atoms with Crippen LogP contribution in [0, 0.1) is 0 Å². The van der Waals surface area contributed by atoms with Gasteiger partial charge in [0, 0.05) is 0 Å². The van der Waals surface area contributed by atoms with Gasteiger partial charge in [0.1, 0.15) is 5.75 Å². The molecule has 0 saturated carbocycles. The number of rotatable bonds is 7. The van der Waals surface area contributed by atoms with E-state index in [1.807, 2.05) is 0 Å². The topological polar surface area (TPSA) is 66.4 Å². The lowest BCUT2D eigenvalue weighted by atomic mass is 10.2. The highest BCUT2D eigenvalue weighted by molar-refractivity contribution is 7.79. The van der Waals surface area contributed by atoms with Crippen molar-refractivity contribution in [2.45, 2.75) is 32.6 Å². The Balaban J connectivity index is 3.22. The van der Waals surface area contributed by atoms with Crippen molar-refractivity contribution in [3.8, 4) is 0 Å². The van der Waals surface area contributed by atoms with Crippen molar-refractivity contribution in [3.63, 3.8) is 0 Å². The highest BCUT2D eigenvalue weighted by atomic mass is 32.2. The Morgan fingerprint density at radius 1 is 1.38 bits per heavy atom. The number of hydrogen-bond acceptors (Lipinski definition) is 4. The molecule has 5 heteroatoms. The van der Waals surface area contributed by atoms with E-state index in [2.05, 4.69) is 11.7 Å². The summed E-state index contributed by atoms with van der Waals surface area (Å²) in [6.45, 7) is 2.42. The normalized spacial score (nSPS) is 12.5. The number of esters is 1. The number of ether oxygens (including phenoxy) is 1. The molecule has 1 atom stereocenters. The second-order valence-electron chi connectivity index (χ2n) is 2.73. The molecule has 0 aromatic carbocycles. The van der Waals surface area contributed by atoms with Gasteiger partial charge in [-0.25, -0.2) is 0 Å². The zero-order valence-corrected chi connectivity index (χ0v) is 8.60. The van der Waals surface area contributed by atoms with Crippen LogP contribution in [0.4, 0.5) is 0 Å². The predicted molar refractivity (Wildman–Crippen MR) is 48.9 cm³/mol. The van der Waals surface area contributed by atoms with E-state index in [0.717, 1.165) is 25.7 Å². The number of carbonyl (C=O) groups is 1. The first kappa shape index (κ1) is 12.6. The van der Waals surface area contributed by atoms with Crippen LogP contribution in [0.2, 0.25) is 0 Å². The summed E-state index contributed by atoms with van der Waals surface area (Å²) in [7, 11) is 0. The lowest BCUT2D eigenvalue weighted by Gasteiger charge is -2.05. The van der Waals surface area contributed by atoms with Gasteiger partial charge in [-0.1, -0.05) is 26.2 Å². The van der Waals surface area contributed by atoms with E-state index >= 15 is 0 Å². The van der Waals surface area contributed by atoms with E-state index in [9.17, 15) is 13.6 Å². The van der Waals surface area contributed by atoms with Gasteiger partial charge in [0.05, 0.1) is 6.61 Å². The van der Waals surface area contributed by atoms with Gasteiger partial charge in [0.15, 0.2) is 0 Å². The molecule has 78 valence electrons. The molecule has 0 rings (SSSR count). The fraction of sp³-hybridized carbons (Fsp3) is 0.875. The summed E-state index contributed by atoms with van der Waals surface area (Å²) >= 11 is -2.33. The first-order chi connectivity index (χ1) is 6.16. The van der Waals surface area contributed by atoms with Crippen molar-refractivity contribution >= 4 is 17.0 Å². The largest absolute Gasteiger partial charge is 0.772 e. The van der Waals surface area contributed by atoms with Gasteiger partial charge in [-0.2, -0.15) is 0 Å². The molecule has 0 radical (unpaired) electrons. The van der Waals surface area contributed by atoms with Crippen molar-refractivity contribution in [2.75, 3.05) is 12.4 Å². The Kier molecular flexibility index (Phi) is 7.93. The summed E-state index contributed by atoms with van der Waals surface area (Å²) in [6, 6.07) is 0. The average Bonchev–Trinajstić information content (AvgIpc) is 2.02. The van der Waals surface area contributed by atoms with Gasteiger partial charge >= 0.3 is 5.97 Å². The third kappa shape index (κ3) is 9.49. The Hall–Kier alpha value is -0.420. The molecule has 0 amide bonds. The Bertz CT molecular complexity index is 170. The second kappa shape index (κ2) is 8.19. The standard InChI is InChI=1S/C8H16O4S/c1-2-3-4-5-6-12-8(9)7-13(10)11/h2-7H2,1H3,(H,10,11)/p-1. The third-order valence-electron chi connectivity index (χ3n) is 1.50. The molecular weight excluding hydrogens is 192 g/mol. The minimum atomic E-state index is -2.33. The average molecular weight is 207 g/mol. The molecule has 4 nitrogen and oxygen atoms in total. The van der Waals surface area contributed by atoms with Crippen molar-refractivity contribution in [2.24, 2.45) is 0 Å². The molecule has 13 heavy (non-hydrogen) atoms. The quantitative estimate of drug-likeness (QED) is 0.355. The predicted octanol–water partition coefficient (Wildman–Crippen LogP) is 0.989. The van der Waals surface area contributed by atoms with Gasteiger partial charge in [-0.15, -0.1) is 0 Å². The van der Waals surface area contributed by atoms with Gasteiger partial charge in [0.25, 0.3) is 0 Å². The van der Waals surface area contributed by atoms with Crippen molar-refractivity contribution < 1.29 is 18.3 Å². The van der Waals surface area contributed by atoms with E-state index < -0.39 is 22.8 Å². The molecule has 0 heterocycles. The molecule has 0 N–H and O–H groups in total. The van der Waals surface area contributed by atoms with E-state index in [4.69, 9.17) is 0 Å². The van der Waals surface area contributed by atoms with Crippen LogP contribution >= 0.6 is 0 Å². The molecule has 0 aliphatic rings. The highest BCUT2D eigenvalue weighted by Gasteiger charge is 2.01. The molecule has 0 spiro atoms. The highest BCUT2D eigenvalue weighted by Crippen LogP contribution is 1.98.